The van der Waals surface area contributed by atoms with Gasteiger partial charge in [-0.3, -0.25) is 0 Å². The molecule has 106 valence electrons. The fourth-order valence-electron chi connectivity index (χ4n) is 0.264. The van der Waals surface area contributed by atoms with E-state index in [1.165, 1.54) is 0 Å². The zero-order chi connectivity index (χ0) is 15.5. The van der Waals surface area contributed by atoms with Crippen LogP contribution in [0.1, 0.15) is 0 Å². The van der Waals surface area contributed by atoms with Gasteiger partial charge in [0.25, 0.3) is 0 Å². The number of carbonyl (C=O) groups excluding carboxylic acids is 2. The summed E-state index contributed by atoms with van der Waals surface area (Å²) in [7, 11) is 0. The standard InChI is InChI=1S/C4H6O6.2CH2O3.3Na/c5-1(3(7)8)2(6)4(9)10;2*2-1(3)4;;;/h1-2,5-6H,(H,7,8)(H,9,10);2*(H2,2,3,4);;;/q;;;3*+1/p-3. The van der Waals surface area contributed by atoms with Gasteiger partial charge in [-0.15, -0.1) is 0 Å². The summed E-state index contributed by atoms with van der Waals surface area (Å²) in [5.41, 5.74) is 0. The van der Waals surface area contributed by atoms with Crippen LogP contribution in [0.4, 0.5) is 9.59 Å². The van der Waals surface area contributed by atoms with E-state index in [-0.39, 0.29) is 88.7 Å². The first kappa shape index (κ1) is 37.6. The zero-order valence-corrected chi connectivity index (χ0v) is 17.2. The van der Waals surface area contributed by atoms with Gasteiger partial charge in [0.2, 0.25) is 0 Å². The second-order valence-corrected chi connectivity index (χ2v) is 2.08. The van der Waals surface area contributed by atoms with Crippen LogP contribution >= 0.6 is 0 Å². The van der Waals surface area contributed by atoms with E-state index in [0.29, 0.717) is 0 Å². The number of hydrogen-bond acceptors (Lipinski definition) is 9. The molecule has 0 saturated carbocycles. The van der Waals surface area contributed by atoms with Gasteiger partial charge in [0.05, 0.1) is 5.97 Å². The summed E-state index contributed by atoms with van der Waals surface area (Å²) in [6.45, 7) is 0. The first-order valence-electron chi connectivity index (χ1n) is 3.53. The van der Waals surface area contributed by atoms with Crippen LogP contribution in [-0.2, 0) is 9.59 Å². The number of carboxylic acids is 2. The Balaban J connectivity index is -0.0000000439. The van der Waals surface area contributed by atoms with Crippen LogP contribution < -0.4 is 104 Å². The summed E-state index contributed by atoms with van der Waals surface area (Å²) in [4.78, 5) is 36.3. The maximum Gasteiger partial charge on any atom is 1.00 e. The van der Waals surface area contributed by atoms with Crippen LogP contribution in [0.15, 0.2) is 0 Å². The number of aliphatic hydroxyl groups is 2. The van der Waals surface area contributed by atoms with E-state index in [4.69, 9.17) is 45.3 Å². The predicted molar refractivity (Wildman–Crippen MR) is 40.7 cm³/mol. The summed E-state index contributed by atoms with van der Waals surface area (Å²) >= 11 is 0. The largest absolute Gasteiger partial charge is 1.00 e. The number of carboxylic acid groups (broad SMARTS) is 6. The minimum absolute atomic E-state index is 0. The molecule has 12 nitrogen and oxygen atoms in total. The minimum Gasteiger partial charge on any atom is -0.652 e. The number of aliphatic carboxylic acids is 2. The van der Waals surface area contributed by atoms with E-state index in [0.717, 1.165) is 0 Å². The van der Waals surface area contributed by atoms with E-state index >= 15 is 0 Å². The Morgan fingerprint density at radius 2 is 0.905 bits per heavy atom. The molecular formula is C6H7Na3O12. The van der Waals surface area contributed by atoms with Gasteiger partial charge in [-0.05, 0) is 6.16 Å². The smallest absolute Gasteiger partial charge is 0.652 e. The van der Waals surface area contributed by atoms with Crippen molar-refractivity contribution in [1.82, 2.24) is 0 Å². The summed E-state index contributed by atoms with van der Waals surface area (Å²) in [6, 6.07) is 0. The van der Waals surface area contributed by atoms with Gasteiger partial charge in [0.15, 0.2) is 6.10 Å². The van der Waals surface area contributed by atoms with Crippen LogP contribution in [0.5, 0.6) is 0 Å². The average molecular weight is 340 g/mol. The van der Waals surface area contributed by atoms with Crippen LogP contribution in [0.25, 0.3) is 0 Å². The van der Waals surface area contributed by atoms with Gasteiger partial charge >= 0.3 is 101 Å². The Kier molecular flexibility index (Phi) is 40.6. The Hall–Kier alpha value is 0.400. The Morgan fingerprint density at radius 3 is 0.952 bits per heavy atom. The monoisotopic (exact) mass is 340 g/mol. The number of carbonyl (C=O) groups is 4. The first-order valence-corrected chi connectivity index (χ1v) is 3.53. The predicted octanol–water partition coefficient (Wildman–Crippen LogP) is -14.7. The van der Waals surface area contributed by atoms with Crippen molar-refractivity contribution in [3.63, 3.8) is 0 Å². The zero-order valence-electron chi connectivity index (χ0n) is 11.2. The van der Waals surface area contributed by atoms with Crippen molar-refractivity contribution < 1.29 is 149 Å². The molecule has 5 N–H and O–H groups in total. The molecule has 0 rings (SSSR count). The molecule has 0 fully saturated rings. The third kappa shape index (κ3) is 44.9. The van der Waals surface area contributed by atoms with E-state index in [1.54, 1.807) is 0 Å². The van der Waals surface area contributed by atoms with Crippen molar-refractivity contribution in [3.8, 4) is 0 Å². The topological polar surface area (TPSA) is 239 Å². The molecule has 0 aliphatic carbocycles. The van der Waals surface area contributed by atoms with Crippen LogP contribution in [-0.4, -0.2) is 62.0 Å². The van der Waals surface area contributed by atoms with Gasteiger partial charge < -0.3 is 50.4 Å². The van der Waals surface area contributed by atoms with E-state index < -0.39 is 36.5 Å². The second kappa shape index (κ2) is 22.7. The van der Waals surface area contributed by atoms with Gasteiger partial charge in [-0.1, -0.05) is 0 Å². The van der Waals surface area contributed by atoms with Crippen molar-refractivity contribution in [2.75, 3.05) is 0 Å². The fraction of sp³-hybridized carbons (Fsp3) is 0.333. The van der Waals surface area contributed by atoms with E-state index in [1.807, 2.05) is 0 Å². The summed E-state index contributed by atoms with van der Waals surface area (Å²) < 4.78 is 0. The number of hydrogen-bond donors (Lipinski definition) is 5. The average Bonchev–Trinajstić information content (AvgIpc) is 2.13. The minimum atomic E-state index is -2.38. The van der Waals surface area contributed by atoms with E-state index in [2.05, 4.69) is 0 Å². The molecule has 2 atom stereocenters. The fourth-order valence-corrected chi connectivity index (χ4v) is 0.264. The van der Waals surface area contributed by atoms with Gasteiger partial charge in [-0.2, -0.15) is 0 Å². The van der Waals surface area contributed by atoms with Crippen LogP contribution in [0, 0.1) is 0 Å². The molecule has 0 aromatic carbocycles. The van der Waals surface area contributed by atoms with Crippen molar-refractivity contribution in [2.45, 2.75) is 12.2 Å². The molecule has 15 heteroatoms. The molecule has 2 unspecified atom stereocenters. The van der Waals surface area contributed by atoms with Crippen LogP contribution in [0.3, 0.4) is 0 Å². The molecule has 21 heavy (non-hydrogen) atoms. The molecular weight excluding hydrogens is 333 g/mol. The van der Waals surface area contributed by atoms with Gasteiger partial charge in [0, 0.05) is 0 Å². The van der Waals surface area contributed by atoms with Crippen molar-refractivity contribution in [2.24, 2.45) is 0 Å². The number of aliphatic hydroxyl groups excluding tert-OH is 2. The Labute approximate surface area is 183 Å². The Bertz CT molecular complexity index is 269. The maximum absolute atomic E-state index is 9.74. The molecule has 0 aromatic heterocycles. The summed E-state index contributed by atoms with van der Waals surface area (Å²) in [5, 5.41) is 64.7. The van der Waals surface area contributed by atoms with Gasteiger partial charge in [-0.25, -0.2) is 9.59 Å². The summed E-state index contributed by atoms with van der Waals surface area (Å²) in [6.07, 6.45) is -8.87. The van der Waals surface area contributed by atoms with Crippen molar-refractivity contribution in [1.29, 1.82) is 0 Å². The third-order valence-corrected chi connectivity index (χ3v) is 0.794. The van der Waals surface area contributed by atoms with Crippen molar-refractivity contribution in [3.05, 3.63) is 0 Å². The molecule has 0 radical (unpaired) electrons. The molecule has 0 spiro atoms. The second-order valence-electron chi connectivity index (χ2n) is 2.08. The van der Waals surface area contributed by atoms with Gasteiger partial charge in [0.1, 0.15) is 6.10 Å². The summed E-state index contributed by atoms with van der Waals surface area (Å²) in [5.74, 6) is -3.83. The van der Waals surface area contributed by atoms with Crippen molar-refractivity contribution >= 4 is 24.2 Å². The number of rotatable bonds is 3. The molecule has 0 heterocycles. The van der Waals surface area contributed by atoms with Crippen LogP contribution in [0.2, 0.25) is 0 Å². The molecule has 0 saturated heterocycles. The quantitative estimate of drug-likeness (QED) is 0.301. The normalized spacial score (nSPS) is 9.81. The SMILES string of the molecule is O=C(O)O.O=C([O-])C(O)C(O)C(=O)O.O=C([O-])[O-].[Na+].[Na+].[Na+]. The van der Waals surface area contributed by atoms with E-state index in [9.17, 15) is 14.7 Å². The maximum atomic E-state index is 9.74. The molecule has 0 bridgehead atoms. The molecule has 0 aliphatic heterocycles. The molecule has 0 aliphatic rings. The Morgan fingerprint density at radius 1 is 0.714 bits per heavy atom. The first-order chi connectivity index (χ1) is 7.93. The molecule has 0 amide bonds. The molecule has 0 aromatic rings. The third-order valence-electron chi connectivity index (χ3n) is 0.794.